The van der Waals surface area contributed by atoms with Crippen molar-refractivity contribution in [1.82, 2.24) is 0 Å². The third kappa shape index (κ3) is 7.48. The molecule has 0 amide bonds. The molecular formula is C75H92BN3S. The van der Waals surface area contributed by atoms with Crippen molar-refractivity contribution < 1.29 is 0 Å². The van der Waals surface area contributed by atoms with Gasteiger partial charge in [0, 0.05) is 60.1 Å². The van der Waals surface area contributed by atoms with Gasteiger partial charge in [0.1, 0.15) is 0 Å². The van der Waals surface area contributed by atoms with Crippen LogP contribution < -0.4 is 30.4 Å². The zero-order valence-electron chi connectivity index (χ0n) is 52.1. The average molecular weight is 1080 g/mol. The van der Waals surface area contributed by atoms with E-state index in [1.165, 1.54) is 158 Å². The molecule has 15 rings (SSSR count). The highest BCUT2D eigenvalue weighted by molar-refractivity contribution is 7.33. The number of fused-ring (bicyclic) bond motifs is 11. The van der Waals surface area contributed by atoms with E-state index in [9.17, 15) is 0 Å². The molecule has 0 spiro atoms. The number of allylic oxidation sites excluding steroid dienone is 2. The number of rotatable bonds is 3. The van der Waals surface area contributed by atoms with Crippen molar-refractivity contribution in [3.8, 4) is 0 Å². The molecule has 3 aliphatic heterocycles. The Balaban J connectivity index is 1.12. The lowest BCUT2D eigenvalue weighted by atomic mass is 9.36. The Hall–Kier alpha value is -5.00. The molecule has 6 aliphatic carbocycles. The van der Waals surface area contributed by atoms with Crippen molar-refractivity contribution in [3.63, 3.8) is 0 Å². The number of thiophene rings is 1. The van der Waals surface area contributed by atoms with Crippen LogP contribution in [-0.4, -0.2) is 12.3 Å². The van der Waals surface area contributed by atoms with E-state index in [4.69, 9.17) is 0 Å². The largest absolute Gasteiger partial charge is 0.335 e. The Bertz CT molecular complexity index is 3650. The summed E-state index contributed by atoms with van der Waals surface area (Å²) < 4.78 is 2.96. The zero-order valence-corrected chi connectivity index (χ0v) is 52.9. The van der Waals surface area contributed by atoms with Crippen molar-refractivity contribution in [1.29, 1.82) is 0 Å². The Morgan fingerprint density at radius 2 is 1.23 bits per heavy atom. The van der Waals surface area contributed by atoms with Crippen molar-refractivity contribution in [2.45, 2.75) is 227 Å². The molecule has 0 radical (unpaired) electrons. The van der Waals surface area contributed by atoms with Crippen LogP contribution in [0.3, 0.4) is 0 Å². The summed E-state index contributed by atoms with van der Waals surface area (Å²) >= 11 is 2.12. The van der Waals surface area contributed by atoms with Crippen molar-refractivity contribution >= 4 is 83.6 Å². The van der Waals surface area contributed by atoms with Gasteiger partial charge in [0.15, 0.2) is 0 Å². The van der Waals surface area contributed by atoms with Crippen LogP contribution in [0.4, 0.5) is 39.8 Å². The molecule has 0 saturated heterocycles. The van der Waals surface area contributed by atoms with Gasteiger partial charge in [-0.1, -0.05) is 160 Å². The molecule has 416 valence electrons. The molecule has 4 unspecified atom stereocenters. The molecular weight excluding hydrogens is 986 g/mol. The molecule has 1 aromatic heterocycles. The van der Waals surface area contributed by atoms with Gasteiger partial charge < -0.3 is 14.7 Å². The van der Waals surface area contributed by atoms with Crippen molar-refractivity contribution in [2.24, 2.45) is 22.7 Å². The van der Waals surface area contributed by atoms with Gasteiger partial charge in [-0.15, -0.1) is 11.3 Å². The van der Waals surface area contributed by atoms with E-state index >= 15 is 0 Å². The van der Waals surface area contributed by atoms with Gasteiger partial charge in [-0.2, -0.15) is 0 Å². The maximum absolute atomic E-state index is 2.93. The maximum atomic E-state index is 2.93. The lowest BCUT2D eigenvalue weighted by Crippen LogP contribution is -2.61. The highest BCUT2D eigenvalue weighted by Gasteiger charge is 2.60. The maximum Gasteiger partial charge on any atom is 0.264 e. The lowest BCUT2D eigenvalue weighted by Gasteiger charge is -2.52. The molecule has 6 aromatic rings. The molecule has 0 N–H and O–H groups in total. The van der Waals surface area contributed by atoms with E-state index < -0.39 is 0 Å². The van der Waals surface area contributed by atoms with Crippen LogP contribution >= 0.6 is 11.3 Å². The summed E-state index contributed by atoms with van der Waals surface area (Å²) in [7, 11) is 0. The molecule has 4 atom stereocenters. The normalized spacial score (nSPS) is 28.0. The quantitative estimate of drug-likeness (QED) is 0.163. The molecule has 5 aromatic carbocycles. The van der Waals surface area contributed by atoms with Gasteiger partial charge in [-0.05, 0) is 226 Å². The third-order valence-corrected chi connectivity index (χ3v) is 24.7. The molecule has 80 heavy (non-hydrogen) atoms. The average Bonchev–Trinajstić information content (AvgIpc) is 3.92. The molecule has 3 nitrogen and oxygen atoms in total. The SMILES string of the molecule is CC1c2cc3sc4c(c3cc2C2(C)CCC1CC2)N(c1ccc2c(c1)C(C)(C)CCC2(C)C)c1cc(N2C3=C(CC(C(C)(C)C)C=C3)C3(C)CCCCC23C)cc2c1B4c1cc(C(C)(C)C)ccc1N2c1ccc(C(C)(C)C)cc1. The van der Waals surface area contributed by atoms with Crippen LogP contribution in [0, 0.1) is 22.7 Å². The number of nitrogens with zero attached hydrogens (tertiary/aromatic N) is 3. The monoisotopic (exact) mass is 1080 g/mol. The Morgan fingerprint density at radius 3 is 1.90 bits per heavy atom. The third-order valence-electron chi connectivity index (χ3n) is 23.5. The fraction of sp³-hybridized carbons (Fsp3) is 0.520. The van der Waals surface area contributed by atoms with Crippen LogP contribution in [0.1, 0.15) is 228 Å². The van der Waals surface area contributed by atoms with Crippen LogP contribution in [0.15, 0.2) is 108 Å². The first-order chi connectivity index (χ1) is 37.5. The summed E-state index contributed by atoms with van der Waals surface area (Å²) in [5, 5.41) is 1.45. The minimum Gasteiger partial charge on any atom is -0.335 e. The van der Waals surface area contributed by atoms with Crippen LogP contribution in [0.25, 0.3) is 10.1 Å². The Kier molecular flexibility index (Phi) is 11.3. The number of benzene rings is 5. The minimum absolute atomic E-state index is 0.0279. The fourth-order valence-electron chi connectivity index (χ4n) is 17.7. The highest BCUT2D eigenvalue weighted by Crippen LogP contribution is 2.65. The minimum atomic E-state index is -0.0925. The van der Waals surface area contributed by atoms with Gasteiger partial charge >= 0.3 is 0 Å². The first-order valence-corrected chi connectivity index (χ1v) is 32.4. The summed E-state index contributed by atoms with van der Waals surface area (Å²) in [6, 6.07) is 36.1. The lowest BCUT2D eigenvalue weighted by molar-refractivity contribution is 0.140. The predicted molar refractivity (Wildman–Crippen MR) is 347 cm³/mol. The van der Waals surface area contributed by atoms with Crippen LogP contribution in [-0.2, 0) is 27.1 Å². The second-order valence-corrected chi connectivity index (χ2v) is 33.4. The topological polar surface area (TPSA) is 9.72 Å². The van der Waals surface area contributed by atoms with E-state index in [0.29, 0.717) is 11.8 Å². The van der Waals surface area contributed by atoms with E-state index in [0.717, 1.165) is 12.3 Å². The summed E-state index contributed by atoms with van der Waals surface area (Å²) in [5.74, 6) is 1.83. The van der Waals surface area contributed by atoms with Crippen LogP contribution in [0.5, 0.6) is 0 Å². The standard InChI is InChI=1S/C75H92BN3S/c1-45-46-30-34-73(15,35-31-46)56-43-54-64(44-53(45)56)80-67-66(54)78(51-26-27-55-57(40-51)72(13,14)37-36-71(55,11)12)63-42-52(79-60-28-22-48(69(5,6)7)38-58(60)74(16)32-18-19-33-75(74,79)17)41-62-65(63)76(67)59-39-49(70(8,9)10)23-29-61(59)77(62)50-24-20-47(21-25-50)68(2,3)4/h20-29,39-46,48H,18-19,30-38H2,1-17H3. The van der Waals surface area contributed by atoms with E-state index in [-0.39, 0.29) is 50.2 Å². The summed E-state index contributed by atoms with van der Waals surface area (Å²) in [6.45, 7) is 42.2. The molecule has 5 heteroatoms. The first-order valence-electron chi connectivity index (χ1n) is 31.5. The van der Waals surface area contributed by atoms with Crippen LogP contribution in [0.2, 0.25) is 0 Å². The van der Waals surface area contributed by atoms with E-state index in [2.05, 4.69) is 241 Å². The van der Waals surface area contributed by atoms with Crippen molar-refractivity contribution in [2.75, 3.05) is 14.7 Å². The van der Waals surface area contributed by atoms with Gasteiger partial charge in [-0.25, -0.2) is 0 Å². The van der Waals surface area contributed by atoms with Crippen molar-refractivity contribution in [3.05, 3.63) is 142 Å². The number of anilines is 7. The van der Waals surface area contributed by atoms with E-state index in [1.807, 2.05) is 0 Å². The van der Waals surface area contributed by atoms with Gasteiger partial charge in [0.25, 0.3) is 6.71 Å². The molecule has 4 heterocycles. The second kappa shape index (κ2) is 17.1. The second-order valence-electron chi connectivity index (χ2n) is 32.3. The summed E-state index contributed by atoms with van der Waals surface area (Å²) in [6.07, 6.45) is 18.9. The number of hydrogen-bond donors (Lipinski definition) is 0. The summed E-state index contributed by atoms with van der Waals surface area (Å²) in [5.41, 5.74) is 24.9. The molecule has 2 saturated carbocycles. The molecule has 2 bridgehead atoms. The molecule has 2 fully saturated rings. The van der Waals surface area contributed by atoms with Gasteiger partial charge in [-0.3, -0.25) is 0 Å². The molecule has 9 aliphatic rings. The predicted octanol–water partition coefficient (Wildman–Crippen LogP) is 19.5. The van der Waals surface area contributed by atoms with Gasteiger partial charge in [0.2, 0.25) is 0 Å². The number of hydrogen-bond acceptors (Lipinski definition) is 4. The van der Waals surface area contributed by atoms with Gasteiger partial charge in [0.05, 0.1) is 11.2 Å². The Labute approximate surface area is 486 Å². The Morgan fingerprint density at radius 1 is 0.588 bits per heavy atom. The highest BCUT2D eigenvalue weighted by atomic mass is 32.1. The fourth-order valence-corrected chi connectivity index (χ4v) is 19.1. The first kappa shape index (κ1) is 53.0. The summed E-state index contributed by atoms with van der Waals surface area (Å²) in [4.78, 5) is 8.50. The van der Waals surface area contributed by atoms with E-state index in [1.54, 1.807) is 16.7 Å². The zero-order chi connectivity index (χ0) is 56.4. The smallest absolute Gasteiger partial charge is 0.264 e.